The average molecular weight is 346 g/mol. The van der Waals surface area contributed by atoms with Gasteiger partial charge in [0.2, 0.25) is 17.6 Å². The summed E-state index contributed by atoms with van der Waals surface area (Å²) in [5.41, 5.74) is 8.30. The van der Waals surface area contributed by atoms with Gasteiger partial charge in [-0.3, -0.25) is 10.1 Å². The van der Waals surface area contributed by atoms with E-state index >= 15 is 0 Å². The van der Waals surface area contributed by atoms with E-state index in [4.69, 9.17) is 10.5 Å². The third-order valence-electron chi connectivity index (χ3n) is 3.67. The van der Waals surface area contributed by atoms with Crippen LogP contribution in [0.15, 0.2) is 18.2 Å². The Morgan fingerprint density at radius 1 is 1.28 bits per heavy atom. The second-order valence-corrected chi connectivity index (χ2v) is 5.58. The standard InChI is InChI=1S/C16H22N6O3/c1-10-5-6-12(9-11(10)2)19-15-13(22(23)24)14(17)20-16(21-15)18-7-4-8-25-3/h5-6,9H,4,7-8H2,1-3H3,(H4,17,18,19,20,21). The van der Waals surface area contributed by atoms with E-state index in [1.807, 2.05) is 32.0 Å². The number of hydrogen-bond donors (Lipinski definition) is 3. The van der Waals surface area contributed by atoms with E-state index in [9.17, 15) is 10.1 Å². The third kappa shape index (κ3) is 4.77. The van der Waals surface area contributed by atoms with Crippen LogP contribution in [0.4, 0.5) is 29.0 Å². The summed E-state index contributed by atoms with van der Waals surface area (Å²) in [6.07, 6.45) is 0.747. The summed E-state index contributed by atoms with van der Waals surface area (Å²) >= 11 is 0. The lowest BCUT2D eigenvalue weighted by molar-refractivity contribution is -0.383. The lowest BCUT2D eigenvalue weighted by Gasteiger charge is -2.11. The molecular weight excluding hydrogens is 324 g/mol. The van der Waals surface area contributed by atoms with Gasteiger partial charge >= 0.3 is 5.69 Å². The van der Waals surface area contributed by atoms with Crippen molar-refractivity contribution in [1.82, 2.24) is 9.97 Å². The molecule has 0 unspecified atom stereocenters. The summed E-state index contributed by atoms with van der Waals surface area (Å²) in [6.45, 7) is 5.11. The van der Waals surface area contributed by atoms with Crippen molar-refractivity contribution in [3.63, 3.8) is 0 Å². The highest BCUT2D eigenvalue weighted by atomic mass is 16.6. The second-order valence-electron chi connectivity index (χ2n) is 5.58. The summed E-state index contributed by atoms with van der Waals surface area (Å²) in [5.74, 6) is 0.0844. The highest BCUT2D eigenvalue weighted by Gasteiger charge is 2.23. The Bertz CT molecular complexity index is 766. The Hall–Kier alpha value is -2.94. The van der Waals surface area contributed by atoms with Crippen LogP contribution >= 0.6 is 0 Å². The number of ether oxygens (including phenoxy) is 1. The van der Waals surface area contributed by atoms with Gasteiger partial charge in [-0.05, 0) is 43.5 Å². The Labute approximate surface area is 145 Å². The molecule has 2 aromatic rings. The number of nitrogen functional groups attached to an aromatic ring is 1. The maximum Gasteiger partial charge on any atom is 0.353 e. The van der Waals surface area contributed by atoms with E-state index in [-0.39, 0.29) is 23.3 Å². The minimum atomic E-state index is -0.590. The summed E-state index contributed by atoms with van der Waals surface area (Å²) in [4.78, 5) is 18.9. The molecule has 25 heavy (non-hydrogen) atoms. The second kappa shape index (κ2) is 8.25. The maximum absolute atomic E-state index is 11.3. The summed E-state index contributed by atoms with van der Waals surface area (Å²) in [6, 6.07) is 5.65. The lowest BCUT2D eigenvalue weighted by atomic mass is 10.1. The van der Waals surface area contributed by atoms with Crippen molar-refractivity contribution in [2.45, 2.75) is 20.3 Å². The number of rotatable bonds is 8. The summed E-state index contributed by atoms with van der Waals surface area (Å²) in [5, 5.41) is 17.3. The highest BCUT2D eigenvalue weighted by molar-refractivity contribution is 5.74. The number of nitro groups is 1. The number of aryl methyl sites for hydroxylation is 2. The average Bonchev–Trinajstić information content (AvgIpc) is 2.54. The number of aromatic nitrogens is 2. The van der Waals surface area contributed by atoms with Crippen molar-refractivity contribution in [1.29, 1.82) is 0 Å². The molecule has 0 spiro atoms. The number of anilines is 4. The molecule has 0 aliphatic carbocycles. The van der Waals surface area contributed by atoms with Gasteiger partial charge in [0.25, 0.3) is 0 Å². The molecule has 0 aliphatic heterocycles. The van der Waals surface area contributed by atoms with Gasteiger partial charge in [0, 0.05) is 25.9 Å². The van der Waals surface area contributed by atoms with Crippen LogP contribution in [0.5, 0.6) is 0 Å². The van der Waals surface area contributed by atoms with Crippen LogP contribution < -0.4 is 16.4 Å². The molecule has 0 fully saturated rings. The Morgan fingerprint density at radius 3 is 2.68 bits per heavy atom. The predicted octanol–water partition coefficient (Wildman–Crippen LogP) is 2.78. The molecule has 0 amide bonds. The molecule has 1 aromatic carbocycles. The van der Waals surface area contributed by atoms with Gasteiger partial charge in [-0.15, -0.1) is 0 Å². The molecular formula is C16H22N6O3. The molecule has 2 rings (SSSR count). The van der Waals surface area contributed by atoms with Crippen molar-refractivity contribution < 1.29 is 9.66 Å². The lowest BCUT2D eigenvalue weighted by Crippen LogP contribution is -2.12. The fourth-order valence-corrected chi connectivity index (χ4v) is 2.19. The van der Waals surface area contributed by atoms with Gasteiger partial charge in [-0.25, -0.2) is 0 Å². The van der Waals surface area contributed by atoms with E-state index in [0.717, 1.165) is 17.5 Å². The van der Waals surface area contributed by atoms with Crippen molar-refractivity contribution in [2.75, 3.05) is 36.6 Å². The van der Waals surface area contributed by atoms with E-state index in [1.165, 1.54) is 0 Å². The molecule has 9 heteroatoms. The SMILES string of the molecule is COCCCNc1nc(N)c([N+](=O)[O-])c(Nc2ccc(C)c(C)c2)n1. The van der Waals surface area contributed by atoms with Crippen molar-refractivity contribution in [3.8, 4) is 0 Å². The first kappa shape index (κ1) is 18.4. The van der Waals surface area contributed by atoms with Crippen LogP contribution in [0.3, 0.4) is 0 Å². The smallest absolute Gasteiger partial charge is 0.353 e. The van der Waals surface area contributed by atoms with E-state index in [2.05, 4.69) is 20.6 Å². The minimum absolute atomic E-state index is 0.0509. The molecule has 9 nitrogen and oxygen atoms in total. The zero-order chi connectivity index (χ0) is 18.4. The quantitative estimate of drug-likeness (QED) is 0.378. The topological polar surface area (TPSA) is 128 Å². The molecule has 0 saturated carbocycles. The Morgan fingerprint density at radius 2 is 2.04 bits per heavy atom. The van der Waals surface area contributed by atoms with Crippen molar-refractivity contribution >= 4 is 29.0 Å². The Balaban J connectivity index is 2.30. The molecule has 0 bridgehead atoms. The van der Waals surface area contributed by atoms with Gasteiger partial charge in [-0.2, -0.15) is 9.97 Å². The predicted molar refractivity (Wildman–Crippen MR) is 97.3 cm³/mol. The van der Waals surface area contributed by atoms with Gasteiger partial charge in [0.1, 0.15) is 0 Å². The fourth-order valence-electron chi connectivity index (χ4n) is 2.19. The van der Waals surface area contributed by atoms with Crippen LogP contribution in [0.1, 0.15) is 17.5 Å². The molecule has 0 radical (unpaired) electrons. The molecule has 1 heterocycles. The highest BCUT2D eigenvalue weighted by Crippen LogP contribution is 2.31. The number of nitrogens with two attached hydrogens (primary N) is 1. The van der Waals surface area contributed by atoms with Crippen LogP contribution in [-0.4, -0.2) is 35.2 Å². The van der Waals surface area contributed by atoms with Crippen LogP contribution in [0.2, 0.25) is 0 Å². The summed E-state index contributed by atoms with van der Waals surface area (Å²) in [7, 11) is 1.62. The van der Waals surface area contributed by atoms with Crippen LogP contribution in [0.25, 0.3) is 0 Å². The first-order valence-electron chi connectivity index (χ1n) is 7.81. The van der Waals surface area contributed by atoms with E-state index < -0.39 is 4.92 Å². The molecule has 0 saturated heterocycles. The number of benzene rings is 1. The monoisotopic (exact) mass is 346 g/mol. The van der Waals surface area contributed by atoms with Gasteiger partial charge < -0.3 is 21.1 Å². The van der Waals surface area contributed by atoms with Gasteiger partial charge in [0.05, 0.1) is 4.92 Å². The molecule has 134 valence electrons. The fraction of sp³-hybridized carbons (Fsp3) is 0.375. The third-order valence-corrected chi connectivity index (χ3v) is 3.67. The first-order valence-corrected chi connectivity index (χ1v) is 7.81. The van der Waals surface area contributed by atoms with Crippen molar-refractivity contribution in [2.24, 2.45) is 0 Å². The first-order chi connectivity index (χ1) is 11.9. The molecule has 0 aliphatic rings. The van der Waals surface area contributed by atoms with Gasteiger partial charge in [-0.1, -0.05) is 6.07 Å². The van der Waals surface area contributed by atoms with Crippen LogP contribution in [0, 0.1) is 24.0 Å². The van der Waals surface area contributed by atoms with Crippen molar-refractivity contribution in [3.05, 3.63) is 39.4 Å². The number of nitrogens with zero attached hydrogens (tertiary/aromatic N) is 3. The summed E-state index contributed by atoms with van der Waals surface area (Å²) < 4.78 is 4.97. The molecule has 1 aromatic heterocycles. The van der Waals surface area contributed by atoms with E-state index in [1.54, 1.807) is 7.11 Å². The minimum Gasteiger partial charge on any atom is -0.385 e. The normalized spacial score (nSPS) is 10.5. The zero-order valence-electron chi connectivity index (χ0n) is 14.5. The maximum atomic E-state index is 11.3. The van der Waals surface area contributed by atoms with Crippen LogP contribution in [-0.2, 0) is 4.74 Å². The molecule has 0 atom stereocenters. The van der Waals surface area contributed by atoms with E-state index in [0.29, 0.717) is 18.8 Å². The van der Waals surface area contributed by atoms with Gasteiger partial charge in [0.15, 0.2) is 0 Å². The number of methoxy groups -OCH3 is 1. The number of hydrogen-bond acceptors (Lipinski definition) is 8. The number of nitrogens with one attached hydrogen (secondary N) is 2. The zero-order valence-corrected chi connectivity index (χ0v) is 14.5. The Kier molecular flexibility index (Phi) is 6.07. The molecule has 4 N–H and O–H groups in total. The largest absolute Gasteiger partial charge is 0.385 e.